The highest BCUT2D eigenvalue weighted by Gasteiger charge is 2.09. The molecule has 0 aliphatic carbocycles. The average Bonchev–Trinajstić information content (AvgIpc) is 1.93. The summed E-state index contributed by atoms with van der Waals surface area (Å²) in [7, 11) is 4.72. The molecular weight excluding hydrogens is 131 g/mol. The van der Waals surface area contributed by atoms with Gasteiger partial charge < -0.3 is 0 Å². The normalized spacial score (nSPS) is 24.2. The SMILES string of the molecule is CN1CC=CCN(C)[PH2+]1. The Bertz CT molecular complexity index is 102. The van der Waals surface area contributed by atoms with E-state index in [2.05, 4.69) is 35.6 Å². The fourth-order valence-electron chi connectivity index (χ4n) is 0.912. The largest absolute Gasteiger partial charge is 0.167 e. The van der Waals surface area contributed by atoms with Gasteiger partial charge in [0.25, 0.3) is 0 Å². The van der Waals surface area contributed by atoms with Gasteiger partial charge in [-0.25, -0.2) is 0 Å². The minimum Gasteiger partial charge on any atom is -0.167 e. The molecule has 0 bridgehead atoms. The lowest BCUT2D eigenvalue weighted by molar-refractivity contribution is 0.553. The van der Waals surface area contributed by atoms with Crippen LogP contribution >= 0.6 is 8.88 Å². The number of likely N-dealkylation sites (N-methyl/N-ethyl adjacent to an activating group) is 2. The van der Waals surface area contributed by atoms with Crippen molar-refractivity contribution in [2.24, 2.45) is 0 Å². The smallest absolute Gasteiger partial charge is 0.126 e. The van der Waals surface area contributed by atoms with E-state index < -0.39 is 0 Å². The average molecular weight is 145 g/mol. The fourth-order valence-corrected chi connectivity index (χ4v) is 2.02. The molecule has 0 aromatic carbocycles. The first-order chi connectivity index (χ1) is 4.29. The van der Waals surface area contributed by atoms with Crippen molar-refractivity contribution in [2.75, 3.05) is 27.2 Å². The molecule has 52 valence electrons. The van der Waals surface area contributed by atoms with Crippen LogP contribution in [0.4, 0.5) is 0 Å². The van der Waals surface area contributed by atoms with Crippen molar-refractivity contribution in [1.82, 2.24) is 9.34 Å². The van der Waals surface area contributed by atoms with Crippen LogP contribution in [0.15, 0.2) is 12.2 Å². The number of hydrogen-bond donors (Lipinski definition) is 0. The highest BCUT2D eigenvalue weighted by atomic mass is 31.1. The van der Waals surface area contributed by atoms with Gasteiger partial charge in [-0.1, -0.05) is 12.2 Å². The summed E-state index contributed by atoms with van der Waals surface area (Å²) in [6, 6.07) is 0. The predicted molar refractivity (Wildman–Crippen MR) is 44.1 cm³/mol. The second-order valence-corrected chi connectivity index (χ2v) is 4.46. The molecule has 2 nitrogen and oxygen atoms in total. The van der Waals surface area contributed by atoms with Gasteiger partial charge in [0.05, 0.1) is 13.1 Å². The van der Waals surface area contributed by atoms with Crippen molar-refractivity contribution in [3.8, 4) is 0 Å². The molecule has 0 spiro atoms. The van der Waals surface area contributed by atoms with E-state index in [0.29, 0.717) is 8.88 Å². The Labute approximate surface area is 58.4 Å². The lowest BCUT2D eigenvalue weighted by atomic mass is 10.5. The molecule has 1 rings (SSSR count). The van der Waals surface area contributed by atoms with Gasteiger partial charge in [-0.05, 0) is 0 Å². The Balaban J connectivity index is 2.40. The first kappa shape index (κ1) is 7.20. The monoisotopic (exact) mass is 145 g/mol. The molecule has 0 saturated carbocycles. The zero-order valence-electron chi connectivity index (χ0n) is 6.04. The van der Waals surface area contributed by atoms with Crippen molar-refractivity contribution in [3.63, 3.8) is 0 Å². The Kier molecular flexibility index (Phi) is 2.65. The molecule has 0 radical (unpaired) electrons. The Hall–Kier alpha value is 0.0900. The van der Waals surface area contributed by atoms with Crippen LogP contribution in [-0.2, 0) is 0 Å². The van der Waals surface area contributed by atoms with Gasteiger partial charge in [-0.3, -0.25) is 0 Å². The molecule has 1 aliphatic rings. The minimum atomic E-state index is 0.387. The summed E-state index contributed by atoms with van der Waals surface area (Å²) in [4.78, 5) is 0. The predicted octanol–water partition coefficient (Wildman–Crippen LogP) is 0.661. The molecule has 0 unspecified atom stereocenters. The zero-order valence-corrected chi connectivity index (χ0v) is 7.20. The third-order valence-electron chi connectivity index (χ3n) is 1.35. The van der Waals surface area contributed by atoms with Gasteiger partial charge >= 0.3 is 0 Å². The third-order valence-corrected chi connectivity index (χ3v) is 2.56. The molecule has 0 saturated heterocycles. The molecule has 1 heterocycles. The van der Waals surface area contributed by atoms with Gasteiger partial charge in [0, 0.05) is 14.1 Å². The fraction of sp³-hybridized carbons (Fsp3) is 0.667. The summed E-state index contributed by atoms with van der Waals surface area (Å²) in [5.41, 5.74) is 0. The molecule has 0 aromatic rings. The zero-order chi connectivity index (χ0) is 6.69. The van der Waals surface area contributed by atoms with Gasteiger partial charge in [0.2, 0.25) is 0 Å². The maximum atomic E-state index is 2.36. The maximum absolute atomic E-state index is 2.36. The van der Waals surface area contributed by atoms with Gasteiger partial charge in [0.1, 0.15) is 8.88 Å². The second-order valence-electron chi connectivity index (χ2n) is 2.47. The maximum Gasteiger partial charge on any atom is 0.126 e. The molecule has 9 heavy (non-hydrogen) atoms. The Morgan fingerprint density at radius 2 is 1.56 bits per heavy atom. The summed E-state index contributed by atoms with van der Waals surface area (Å²) in [5, 5.41) is 0. The first-order valence-corrected chi connectivity index (χ1v) is 4.23. The molecule has 0 aromatic heterocycles. The number of rotatable bonds is 0. The Morgan fingerprint density at radius 3 is 2.00 bits per heavy atom. The van der Waals surface area contributed by atoms with Crippen LogP contribution in [0.1, 0.15) is 0 Å². The third kappa shape index (κ3) is 2.44. The lowest BCUT2D eigenvalue weighted by Crippen LogP contribution is -2.13. The van der Waals surface area contributed by atoms with Gasteiger partial charge in [-0.15, -0.1) is 0 Å². The Morgan fingerprint density at radius 1 is 1.11 bits per heavy atom. The van der Waals surface area contributed by atoms with Crippen LogP contribution in [0.2, 0.25) is 0 Å². The van der Waals surface area contributed by atoms with E-state index in [0.717, 1.165) is 13.1 Å². The molecular formula is C6H14N2P+. The van der Waals surface area contributed by atoms with Crippen LogP contribution in [-0.4, -0.2) is 36.5 Å². The lowest BCUT2D eigenvalue weighted by Gasteiger charge is -2.10. The van der Waals surface area contributed by atoms with E-state index in [1.54, 1.807) is 0 Å². The summed E-state index contributed by atoms with van der Waals surface area (Å²) < 4.78 is 4.73. The molecule has 0 fully saturated rings. The van der Waals surface area contributed by atoms with E-state index >= 15 is 0 Å². The molecule has 1 aliphatic heterocycles. The quantitative estimate of drug-likeness (QED) is 0.365. The van der Waals surface area contributed by atoms with Gasteiger partial charge in [-0.2, -0.15) is 9.34 Å². The van der Waals surface area contributed by atoms with Crippen LogP contribution in [0.3, 0.4) is 0 Å². The highest BCUT2D eigenvalue weighted by Crippen LogP contribution is 2.20. The standard InChI is InChI=1S/C6H13N2P/c1-7-5-3-4-6-8(2)9-7/h3-4,9H,5-6H2,1-2H3/p+1. The van der Waals surface area contributed by atoms with Crippen molar-refractivity contribution >= 4 is 8.88 Å². The highest BCUT2D eigenvalue weighted by molar-refractivity contribution is 7.32. The molecule has 0 atom stereocenters. The summed E-state index contributed by atoms with van der Waals surface area (Å²) in [6.45, 7) is 2.25. The van der Waals surface area contributed by atoms with Crippen LogP contribution in [0, 0.1) is 0 Å². The second kappa shape index (κ2) is 3.31. The minimum absolute atomic E-state index is 0.387. The molecule has 0 amide bonds. The van der Waals surface area contributed by atoms with Crippen molar-refractivity contribution < 1.29 is 0 Å². The van der Waals surface area contributed by atoms with E-state index in [-0.39, 0.29) is 0 Å². The molecule has 0 N–H and O–H groups in total. The number of nitrogens with zero attached hydrogens (tertiary/aromatic N) is 2. The topological polar surface area (TPSA) is 6.48 Å². The van der Waals surface area contributed by atoms with Crippen molar-refractivity contribution in [1.29, 1.82) is 0 Å². The van der Waals surface area contributed by atoms with Crippen LogP contribution < -0.4 is 0 Å². The number of hydrogen-bond acceptors (Lipinski definition) is 2. The van der Waals surface area contributed by atoms with E-state index in [1.807, 2.05) is 0 Å². The summed E-state index contributed by atoms with van der Waals surface area (Å²) >= 11 is 0. The van der Waals surface area contributed by atoms with E-state index in [1.165, 1.54) is 0 Å². The van der Waals surface area contributed by atoms with E-state index in [9.17, 15) is 0 Å². The first-order valence-electron chi connectivity index (χ1n) is 3.19. The van der Waals surface area contributed by atoms with E-state index in [4.69, 9.17) is 0 Å². The van der Waals surface area contributed by atoms with Crippen molar-refractivity contribution in [3.05, 3.63) is 12.2 Å². The summed E-state index contributed by atoms with van der Waals surface area (Å²) in [6.07, 6.45) is 4.47. The summed E-state index contributed by atoms with van der Waals surface area (Å²) in [5.74, 6) is 0. The van der Waals surface area contributed by atoms with Crippen LogP contribution in [0.25, 0.3) is 0 Å². The molecule has 3 heteroatoms. The van der Waals surface area contributed by atoms with Crippen LogP contribution in [0.5, 0.6) is 0 Å². The van der Waals surface area contributed by atoms with Gasteiger partial charge in [0.15, 0.2) is 0 Å². The van der Waals surface area contributed by atoms with Crippen molar-refractivity contribution in [2.45, 2.75) is 0 Å².